The number of hydrazine groups is 1. The average molecular weight is 472 g/mol. The van der Waals surface area contributed by atoms with Crippen molar-refractivity contribution in [2.45, 2.75) is 31.6 Å². The van der Waals surface area contributed by atoms with E-state index in [0.717, 1.165) is 5.56 Å². The summed E-state index contributed by atoms with van der Waals surface area (Å²) in [4.78, 5) is 24.4. The van der Waals surface area contributed by atoms with Gasteiger partial charge in [-0.15, -0.1) is 0 Å². The molecule has 2 N–H and O–H groups in total. The molecule has 0 aliphatic carbocycles. The molecule has 0 saturated heterocycles. The third-order valence-electron chi connectivity index (χ3n) is 4.41. The Balaban J connectivity index is 1.98. The fraction of sp³-hybridized carbons (Fsp3) is 0.300. The Hall–Kier alpha value is -2.13. The minimum absolute atomic E-state index is 0.0146. The molecule has 0 bridgehead atoms. The zero-order valence-corrected chi connectivity index (χ0v) is 18.9. The molecule has 0 fully saturated rings. The van der Waals surface area contributed by atoms with Crippen molar-refractivity contribution in [1.82, 2.24) is 15.2 Å². The number of amides is 2. The number of carbonyl (C=O) groups is 2. The van der Waals surface area contributed by atoms with Gasteiger partial charge in [0, 0.05) is 25.1 Å². The number of benzene rings is 2. The Kier molecular flexibility index (Phi) is 8.66. The third kappa shape index (κ3) is 5.95. The van der Waals surface area contributed by atoms with Crippen molar-refractivity contribution >= 4 is 45.0 Å². The second kappa shape index (κ2) is 10.8. The molecular weight excluding hydrogens is 449 g/mol. The molecule has 2 amide bonds. The summed E-state index contributed by atoms with van der Waals surface area (Å²) in [5.41, 5.74) is 5.44. The Morgan fingerprint density at radius 3 is 2.33 bits per heavy atom. The van der Waals surface area contributed by atoms with Gasteiger partial charge in [0.15, 0.2) is 0 Å². The molecule has 0 aliphatic heterocycles. The maximum atomic E-state index is 12.6. The minimum atomic E-state index is -3.69. The Bertz CT molecular complexity index is 1020. The molecule has 30 heavy (non-hydrogen) atoms. The number of carbonyl (C=O) groups excluding carboxylic acids is 2. The van der Waals surface area contributed by atoms with Crippen molar-refractivity contribution < 1.29 is 18.0 Å². The molecule has 0 heterocycles. The van der Waals surface area contributed by atoms with Crippen LogP contribution in [0.25, 0.3) is 0 Å². The van der Waals surface area contributed by atoms with Gasteiger partial charge in [-0.25, -0.2) is 8.42 Å². The van der Waals surface area contributed by atoms with Gasteiger partial charge < -0.3 is 0 Å². The van der Waals surface area contributed by atoms with Gasteiger partial charge in [0.25, 0.3) is 5.91 Å². The number of rotatable bonds is 8. The van der Waals surface area contributed by atoms with Crippen LogP contribution in [0.1, 0.15) is 36.2 Å². The lowest BCUT2D eigenvalue weighted by atomic mass is 10.1. The first-order valence-electron chi connectivity index (χ1n) is 9.33. The zero-order chi connectivity index (χ0) is 22.3. The molecule has 10 heteroatoms. The zero-order valence-electron chi connectivity index (χ0n) is 16.6. The number of aryl methyl sites for hydroxylation is 1. The van der Waals surface area contributed by atoms with E-state index in [9.17, 15) is 18.0 Å². The highest BCUT2D eigenvalue weighted by atomic mass is 35.5. The Morgan fingerprint density at radius 1 is 1.00 bits per heavy atom. The number of sulfonamides is 1. The van der Waals surface area contributed by atoms with Gasteiger partial charge in [0.05, 0.1) is 14.9 Å². The van der Waals surface area contributed by atoms with E-state index in [2.05, 4.69) is 10.9 Å². The number of hydrogen-bond donors (Lipinski definition) is 2. The van der Waals surface area contributed by atoms with E-state index in [1.54, 1.807) is 32.0 Å². The third-order valence-corrected chi connectivity index (χ3v) is 7.31. The minimum Gasteiger partial charge on any atom is -0.273 e. The molecule has 162 valence electrons. The largest absolute Gasteiger partial charge is 0.273 e. The Labute approximate surface area is 186 Å². The highest BCUT2D eigenvalue weighted by molar-refractivity contribution is 7.89. The molecule has 0 aliphatic rings. The van der Waals surface area contributed by atoms with Gasteiger partial charge in [-0.3, -0.25) is 20.4 Å². The Morgan fingerprint density at radius 2 is 1.67 bits per heavy atom. The molecule has 0 spiro atoms. The van der Waals surface area contributed by atoms with Crippen LogP contribution in [0.3, 0.4) is 0 Å². The van der Waals surface area contributed by atoms with Crippen molar-refractivity contribution in [3.05, 3.63) is 63.6 Å². The van der Waals surface area contributed by atoms with Crippen LogP contribution in [0.5, 0.6) is 0 Å². The molecule has 2 aromatic rings. The van der Waals surface area contributed by atoms with E-state index in [1.807, 2.05) is 0 Å². The van der Waals surface area contributed by atoms with Gasteiger partial charge in [-0.1, -0.05) is 55.2 Å². The van der Waals surface area contributed by atoms with E-state index in [1.165, 1.54) is 28.6 Å². The monoisotopic (exact) mass is 471 g/mol. The summed E-state index contributed by atoms with van der Waals surface area (Å²) < 4.78 is 26.5. The number of halogens is 2. The van der Waals surface area contributed by atoms with Crippen molar-refractivity contribution in [3.63, 3.8) is 0 Å². The van der Waals surface area contributed by atoms with Crippen LogP contribution in [0.15, 0.2) is 47.4 Å². The summed E-state index contributed by atoms with van der Waals surface area (Å²) in [6.45, 7) is 4.12. The second-order valence-electron chi connectivity index (χ2n) is 6.33. The van der Waals surface area contributed by atoms with Crippen molar-refractivity contribution in [1.29, 1.82) is 0 Å². The fourth-order valence-corrected chi connectivity index (χ4v) is 4.68. The van der Waals surface area contributed by atoms with Crippen LogP contribution in [0, 0.1) is 0 Å². The van der Waals surface area contributed by atoms with Crippen LogP contribution in [-0.4, -0.2) is 37.6 Å². The van der Waals surface area contributed by atoms with Crippen molar-refractivity contribution in [3.8, 4) is 0 Å². The first kappa shape index (κ1) is 24.1. The van der Waals surface area contributed by atoms with Gasteiger partial charge in [0.2, 0.25) is 15.9 Å². The van der Waals surface area contributed by atoms with Crippen molar-refractivity contribution in [2.75, 3.05) is 13.1 Å². The van der Waals surface area contributed by atoms with Gasteiger partial charge in [0.1, 0.15) is 0 Å². The maximum absolute atomic E-state index is 12.6. The molecule has 0 radical (unpaired) electrons. The molecule has 2 aromatic carbocycles. The lowest BCUT2D eigenvalue weighted by molar-refractivity contribution is -0.121. The summed E-state index contributed by atoms with van der Waals surface area (Å²) >= 11 is 12.0. The summed E-state index contributed by atoms with van der Waals surface area (Å²) in [5.74, 6) is -1.05. The van der Waals surface area contributed by atoms with E-state index in [-0.39, 0.29) is 16.9 Å². The highest BCUT2D eigenvalue weighted by Gasteiger charge is 2.22. The number of nitrogens with one attached hydrogen (secondary N) is 2. The van der Waals surface area contributed by atoms with Crippen molar-refractivity contribution in [2.24, 2.45) is 0 Å². The van der Waals surface area contributed by atoms with E-state index < -0.39 is 21.8 Å². The van der Waals surface area contributed by atoms with Crippen LogP contribution in [-0.2, 0) is 21.2 Å². The fourth-order valence-electron chi connectivity index (χ4n) is 2.76. The van der Waals surface area contributed by atoms with E-state index >= 15 is 0 Å². The predicted molar refractivity (Wildman–Crippen MR) is 117 cm³/mol. The summed E-state index contributed by atoms with van der Waals surface area (Å²) in [7, 11) is -3.69. The van der Waals surface area contributed by atoms with Crippen LogP contribution in [0.2, 0.25) is 10.0 Å². The topological polar surface area (TPSA) is 95.6 Å². The molecule has 0 aromatic heterocycles. The summed E-state index contributed by atoms with van der Waals surface area (Å²) in [6, 6.07) is 10.8. The maximum Gasteiger partial charge on any atom is 0.269 e. The first-order valence-corrected chi connectivity index (χ1v) is 11.5. The van der Waals surface area contributed by atoms with Gasteiger partial charge in [-0.05, 0) is 36.2 Å². The number of hydrogen-bond acceptors (Lipinski definition) is 4. The molecular formula is C20H23Cl2N3O4S. The smallest absolute Gasteiger partial charge is 0.269 e. The standard InChI is InChI=1S/C20H23Cl2N3O4S/c1-3-25(4-2)30(28,29)16-9-5-8-15(13-16)20(27)24-23-18(26)12-11-14-7-6-10-17(21)19(14)22/h5-10,13H,3-4,11-12H2,1-2H3,(H,23,26)(H,24,27). The number of nitrogens with zero attached hydrogens (tertiary/aromatic N) is 1. The normalized spacial score (nSPS) is 11.4. The molecule has 7 nitrogen and oxygen atoms in total. The average Bonchev–Trinajstić information content (AvgIpc) is 2.73. The summed E-state index contributed by atoms with van der Waals surface area (Å²) in [6.07, 6.45) is 0.426. The van der Waals surface area contributed by atoms with E-state index in [0.29, 0.717) is 29.6 Å². The highest BCUT2D eigenvalue weighted by Crippen LogP contribution is 2.26. The van der Waals surface area contributed by atoms with E-state index in [4.69, 9.17) is 23.2 Å². The van der Waals surface area contributed by atoms with Gasteiger partial charge >= 0.3 is 0 Å². The molecule has 0 saturated carbocycles. The van der Waals surface area contributed by atoms with Gasteiger partial charge in [-0.2, -0.15) is 4.31 Å². The van der Waals surface area contributed by atoms with Crippen LogP contribution in [0.4, 0.5) is 0 Å². The second-order valence-corrected chi connectivity index (χ2v) is 9.06. The van der Waals surface area contributed by atoms with Crippen LogP contribution < -0.4 is 10.9 Å². The summed E-state index contributed by atoms with van der Waals surface area (Å²) in [5, 5.41) is 0.796. The lowest BCUT2D eigenvalue weighted by Crippen LogP contribution is -2.41. The quantitative estimate of drug-likeness (QED) is 0.576. The predicted octanol–water partition coefficient (Wildman–Crippen LogP) is 3.42. The lowest BCUT2D eigenvalue weighted by Gasteiger charge is -2.18. The molecule has 0 unspecified atom stereocenters. The molecule has 2 rings (SSSR count). The van der Waals surface area contributed by atoms with Crippen LogP contribution >= 0.6 is 23.2 Å². The SMILES string of the molecule is CCN(CC)S(=O)(=O)c1cccc(C(=O)NNC(=O)CCc2cccc(Cl)c2Cl)c1. The molecule has 0 atom stereocenters. The first-order chi connectivity index (χ1) is 14.2.